The Morgan fingerprint density at radius 3 is 3.08 bits per heavy atom. The molecule has 2 aromatic heterocycles. The van der Waals surface area contributed by atoms with E-state index in [1.165, 1.54) is 11.8 Å². The third kappa shape index (κ3) is 4.11. The Bertz CT molecular complexity index is 886. The van der Waals surface area contributed by atoms with Crippen LogP contribution >= 0.6 is 11.8 Å². The fraction of sp³-hybridized carbons (Fsp3) is 0.375. The molecule has 0 aliphatic rings. The summed E-state index contributed by atoms with van der Waals surface area (Å²) in [6.07, 6.45) is 1.93. The van der Waals surface area contributed by atoms with Crippen molar-refractivity contribution in [2.75, 3.05) is 7.11 Å². The summed E-state index contributed by atoms with van der Waals surface area (Å²) in [6.45, 7) is 2.73. The first-order chi connectivity index (χ1) is 12.2. The van der Waals surface area contributed by atoms with Gasteiger partial charge in [-0.25, -0.2) is 9.89 Å². The van der Waals surface area contributed by atoms with Gasteiger partial charge < -0.3 is 9.26 Å². The number of hydrogen-bond acceptors (Lipinski definition) is 7. The van der Waals surface area contributed by atoms with Crippen molar-refractivity contribution in [1.82, 2.24) is 24.9 Å². The van der Waals surface area contributed by atoms with Crippen molar-refractivity contribution in [2.24, 2.45) is 0 Å². The molecule has 0 saturated heterocycles. The molecule has 0 atom stereocenters. The Balaban J connectivity index is 1.69. The quantitative estimate of drug-likeness (QED) is 0.616. The average Bonchev–Trinajstić information content (AvgIpc) is 3.25. The van der Waals surface area contributed by atoms with E-state index in [4.69, 9.17) is 9.26 Å². The van der Waals surface area contributed by atoms with Gasteiger partial charge in [0.15, 0.2) is 5.16 Å². The fourth-order valence-corrected chi connectivity index (χ4v) is 3.06. The van der Waals surface area contributed by atoms with Crippen LogP contribution in [0.15, 0.2) is 38.7 Å². The molecule has 9 heteroatoms. The van der Waals surface area contributed by atoms with Crippen LogP contribution in [0.2, 0.25) is 0 Å². The summed E-state index contributed by atoms with van der Waals surface area (Å²) in [5.41, 5.74) is 0.623. The van der Waals surface area contributed by atoms with E-state index in [1.54, 1.807) is 11.7 Å². The second kappa shape index (κ2) is 8.02. The first-order valence-corrected chi connectivity index (χ1v) is 8.95. The number of ether oxygens (including phenoxy) is 1. The predicted molar refractivity (Wildman–Crippen MR) is 93.6 cm³/mol. The van der Waals surface area contributed by atoms with Gasteiger partial charge in [-0.1, -0.05) is 42.4 Å². The summed E-state index contributed by atoms with van der Waals surface area (Å²) in [7, 11) is 1.61. The Kier molecular flexibility index (Phi) is 5.54. The summed E-state index contributed by atoms with van der Waals surface area (Å²) in [6, 6.07) is 7.46. The van der Waals surface area contributed by atoms with Crippen molar-refractivity contribution < 1.29 is 9.26 Å². The number of nitrogens with zero attached hydrogens (tertiary/aromatic N) is 4. The number of aromatic nitrogens is 5. The third-order valence-electron chi connectivity index (χ3n) is 3.58. The van der Waals surface area contributed by atoms with Crippen LogP contribution in [0.4, 0.5) is 0 Å². The van der Waals surface area contributed by atoms with E-state index in [0.717, 1.165) is 24.2 Å². The smallest absolute Gasteiger partial charge is 0.343 e. The molecule has 8 nitrogen and oxygen atoms in total. The molecule has 3 rings (SSSR count). The van der Waals surface area contributed by atoms with Crippen molar-refractivity contribution in [3.63, 3.8) is 0 Å². The van der Waals surface area contributed by atoms with Gasteiger partial charge in [-0.2, -0.15) is 4.98 Å². The molecule has 2 heterocycles. The van der Waals surface area contributed by atoms with E-state index in [1.807, 2.05) is 24.3 Å². The van der Waals surface area contributed by atoms with E-state index in [-0.39, 0.29) is 5.69 Å². The zero-order valence-corrected chi connectivity index (χ0v) is 14.9. The van der Waals surface area contributed by atoms with Crippen LogP contribution in [0.5, 0.6) is 5.75 Å². The van der Waals surface area contributed by atoms with Gasteiger partial charge in [0.25, 0.3) is 0 Å². The molecule has 1 aromatic carbocycles. The number of benzene rings is 1. The summed E-state index contributed by atoms with van der Waals surface area (Å²) < 4.78 is 12.1. The monoisotopic (exact) mass is 361 g/mol. The van der Waals surface area contributed by atoms with Crippen LogP contribution in [0.25, 0.3) is 11.4 Å². The summed E-state index contributed by atoms with van der Waals surface area (Å²) in [5, 5.41) is 11.2. The number of unbranched alkanes of at least 4 members (excludes halogenated alkanes) is 1. The van der Waals surface area contributed by atoms with Gasteiger partial charge >= 0.3 is 5.69 Å². The Morgan fingerprint density at radius 2 is 2.28 bits per heavy atom. The maximum Gasteiger partial charge on any atom is 0.343 e. The van der Waals surface area contributed by atoms with E-state index in [2.05, 4.69) is 27.3 Å². The molecular formula is C16H19N5O3S. The van der Waals surface area contributed by atoms with Crippen molar-refractivity contribution in [2.45, 2.75) is 37.2 Å². The molecule has 0 fully saturated rings. The maximum atomic E-state index is 11.8. The van der Waals surface area contributed by atoms with Gasteiger partial charge in [0, 0.05) is 12.1 Å². The largest absolute Gasteiger partial charge is 0.497 e. The minimum Gasteiger partial charge on any atom is -0.497 e. The lowest BCUT2D eigenvalue weighted by atomic mass is 10.2. The molecule has 0 saturated carbocycles. The van der Waals surface area contributed by atoms with Gasteiger partial charge in [-0.05, 0) is 18.6 Å². The molecule has 0 amide bonds. The second-order valence-electron chi connectivity index (χ2n) is 5.35. The van der Waals surface area contributed by atoms with E-state index in [0.29, 0.717) is 29.2 Å². The van der Waals surface area contributed by atoms with Crippen LogP contribution in [0.1, 0.15) is 25.7 Å². The molecule has 25 heavy (non-hydrogen) atoms. The third-order valence-corrected chi connectivity index (χ3v) is 4.54. The molecule has 3 aromatic rings. The number of rotatable bonds is 8. The molecule has 0 unspecified atom stereocenters. The Morgan fingerprint density at radius 1 is 1.40 bits per heavy atom. The van der Waals surface area contributed by atoms with Gasteiger partial charge in [-0.15, -0.1) is 5.10 Å². The van der Waals surface area contributed by atoms with Gasteiger partial charge in [0.1, 0.15) is 5.75 Å². The number of H-pyrrole nitrogens is 1. The predicted octanol–water partition coefficient (Wildman–Crippen LogP) is 2.72. The first-order valence-electron chi connectivity index (χ1n) is 7.96. The lowest BCUT2D eigenvalue weighted by Gasteiger charge is -2.02. The number of methoxy groups -OCH3 is 1. The average molecular weight is 361 g/mol. The highest BCUT2D eigenvalue weighted by atomic mass is 32.2. The number of aromatic amines is 1. The topological polar surface area (TPSA) is 98.8 Å². The van der Waals surface area contributed by atoms with Crippen molar-refractivity contribution in [3.05, 3.63) is 40.6 Å². The number of thioether (sulfide) groups is 1. The molecule has 0 aliphatic carbocycles. The maximum absolute atomic E-state index is 11.8. The van der Waals surface area contributed by atoms with Gasteiger partial charge in [0.05, 0.1) is 12.9 Å². The van der Waals surface area contributed by atoms with Crippen LogP contribution in [0.3, 0.4) is 0 Å². The van der Waals surface area contributed by atoms with Crippen LogP contribution in [-0.4, -0.2) is 32.0 Å². The molecule has 0 radical (unpaired) electrons. The standard InChI is InChI=1S/C16H19N5O3S/c1-3-4-8-21-15(22)18-19-16(21)25-10-13-17-14(20-24-13)11-6-5-7-12(9-11)23-2/h5-7,9H,3-4,8,10H2,1-2H3,(H,18,22). The molecular weight excluding hydrogens is 342 g/mol. The zero-order chi connectivity index (χ0) is 17.6. The first kappa shape index (κ1) is 17.3. The minimum atomic E-state index is -0.196. The highest BCUT2D eigenvalue weighted by Crippen LogP contribution is 2.24. The molecule has 1 N–H and O–H groups in total. The molecule has 132 valence electrons. The number of hydrogen-bond donors (Lipinski definition) is 1. The summed E-state index contributed by atoms with van der Waals surface area (Å²) >= 11 is 1.39. The van der Waals surface area contributed by atoms with E-state index >= 15 is 0 Å². The van der Waals surface area contributed by atoms with E-state index in [9.17, 15) is 4.79 Å². The zero-order valence-electron chi connectivity index (χ0n) is 14.1. The molecule has 0 spiro atoms. The van der Waals surface area contributed by atoms with Crippen molar-refractivity contribution >= 4 is 11.8 Å². The fourth-order valence-electron chi connectivity index (χ4n) is 2.25. The Labute approximate surface area is 148 Å². The van der Waals surface area contributed by atoms with Crippen LogP contribution < -0.4 is 10.4 Å². The highest BCUT2D eigenvalue weighted by molar-refractivity contribution is 7.98. The Hall–Kier alpha value is -2.55. The lowest BCUT2D eigenvalue weighted by Crippen LogP contribution is -2.17. The minimum absolute atomic E-state index is 0.196. The van der Waals surface area contributed by atoms with Gasteiger partial charge in [0.2, 0.25) is 11.7 Å². The number of nitrogens with one attached hydrogen (secondary N) is 1. The molecule has 0 bridgehead atoms. The summed E-state index contributed by atoms with van der Waals surface area (Å²) in [5.74, 6) is 2.14. The lowest BCUT2D eigenvalue weighted by molar-refractivity contribution is 0.391. The van der Waals surface area contributed by atoms with Crippen LogP contribution in [0, 0.1) is 0 Å². The SMILES string of the molecule is CCCCn1c(SCc2nc(-c3cccc(OC)c3)no2)n[nH]c1=O. The highest BCUT2D eigenvalue weighted by Gasteiger charge is 2.13. The summed E-state index contributed by atoms with van der Waals surface area (Å²) in [4.78, 5) is 16.2. The van der Waals surface area contributed by atoms with Crippen molar-refractivity contribution in [1.29, 1.82) is 0 Å². The normalized spacial score (nSPS) is 11.0. The second-order valence-corrected chi connectivity index (χ2v) is 6.29. The van der Waals surface area contributed by atoms with Crippen LogP contribution in [-0.2, 0) is 12.3 Å². The van der Waals surface area contributed by atoms with Crippen molar-refractivity contribution in [3.8, 4) is 17.1 Å². The van der Waals surface area contributed by atoms with E-state index < -0.39 is 0 Å². The van der Waals surface area contributed by atoms with Gasteiger partial charge in [-0.3, -0.25) is 4.57 Å². The molecule has 0 aliphatic heterocycles.